The lowest BCUT2D eigenvalue weighted by molar-refractivity contribution is -0.137. The van der Waals surface area contributed by atoms with Crippen LogP contribution in [0, 0.1) is 0 Å². The SMILES string of the molecule is CC(C)NC(N)=NCCOc1ccc(C(F)(F)F)cc1. The van der Waals surface area contributed by atoms with E-state index in [1.165, 1.54) is 12.1 Å². The minimum atomic E-state index is -4.33. The average molecular weight is 289 g/mol. The summed E-state index contributed by atoms with van der Waals surface area (Å²) in [6.45, 7) is 4.43. The summed E-state index contributed by atoms with van der Waals surface area (Å²) in [4.78, 5) is 4.01. The van der Waals surface area contributed by atoms with Crippen molar-refractivity contribution in [3.05, 3.63) is 29.8 Å². The quantitative estimate of drug-likeness (QED) is 0.497. The number of ether oxygens (including phenoxy) is 1. The van der Waals surface area contributed by atoms with Gasteiger partial charge in [0.25, 0.3) is 0 Å². The number of guanidine groups is 1. The van der Waals surface area contributed by atoms with Crippen molar-refractivity contribution < 1.29 is 17.9 Å². The lowest BCUT2D eigenvalue weighted by atomic mass is 10.2. The van der Waals surface area contributed by atoms with Crippen LogP contribution in [-0.2, 0) is 6.18 Å². The van der Waals surface area contributed by atoms with Crippen molar-refractivity contribution in [3.8, 4) is 5.75 Å². The van der Waals surface area contributed by atoms with Gasteiger partial charge in [-0.05, 0) is 38.1 Å². The summed E-state index contributed by atoms with van der Waals surface area (Å²) in [6, 6.07) is 4.71. The highest BCUT2D eigenvalue weighted by Gasteiger charge is 2.29. The van der Waals surface area contributed by atoms with E-state index in [1.807, 2.05) is 13.8 Å². The van der Waals surface area contributed by atoms with Crippen molar-refractivity contribution in [2.45, 2.75) is 26.1 Å². The molecule has 4 nitrogen and oxygen atoms in total. The largest absolute Gasteiger partial charge is 0.492 e. The van der Waals surface area contributed by atoms with Crippen molar-refractivity contribution >= 4 is 5.96 Å². The predicted molar refractivity (Wildman–Crippen MR) is 71.7 cm³/mol. The summed E-state index contributed by atoms with van der Waals surface area (Å²) in [7, 11) is 0. The molecule has 0 saturated heterocycles. The molecule has 3 N–H and O–H groups in total. The summed E-state index contributed by atoms with van der Waals surface area (Å²) >= 11 is 0. The van der Waals surface area contributed by atoms with Gasteiger partial charge in [0.2, 0.25) is 0 Å². The van der Waals surface area contributed by atoms with Crippen molar-refractivity contribution in [2.24, 2.45) is 10.7 Å². The first-order chi connectivity index (χ1) is 9.29. The van der Waals surface area contributed by atoms with Crippen LogP contribution < -0.4 is 15.8 Å². The molecule has 0 heterocycles. The Morgan fingerprint density at radius 2 is 1.90 bits per heavy atom. The van der Waals surface area contributed by atoms with Gasteiger partial charge < -0.3 is 15.8 Å². The number of hydrogen-bond donors (Lipinski definition) is 2. The number of nitrogens with zero attached hydrogens (tertiary/aromatic N) is 1. The summed E-state index contributed by atoms with van der Waals surface area (Å²) in [5.41, 5.74) is 4.88. The molecule has 7 heteroatoms. The highest BCUT2D eigenvalue weighted by molar-refractivity contribution is 5.78. The van der Waals surface area contributed by atoms with Gasteiger partial charge in [0.15, 0.2) is 5.96 Å². The summed E-state index contributed by atoms with van der Waals surface area (Å²) in [6.07, 6.45) is -4.33. The zero-order valence-electron chi connectivity index (χ0n) is 11.4. The molecule has 0 aliphatic rings. The number of nitrogens with two attached hydrogens (primary N) is 1. The number of halogens is 3. The maximum atomic E-state index is 12.3. The third kappa shape index (κ3) is 5.81. The normalized spacial score (nSPS) is 12.6. The van der Waals surface area contributed by atoms with E-state index in [0.29, 0.717) is 18.3 Å². The fourth-order valence-electron chi connectivity index (χ4n) is 1.41. The first-order valence-electron chi connectivity index (χ1n) is 6.15. The van der Waals surface area contributed by atoms with Gasteiger partial charge in [0.1, 0.15) is 12.4 Å². The lowest BCUT2D eigenvalue weighted by Gasteiger charge is -2.10. The van der Waals surface area contributed by atoms with Crippen LogP contribution in [0.5, 0.6) is 5.75 Å². The lowest BCUT2D eigenvalue weighted by Crippen LogP contribution is -2.37. The van der Waals surface area contributed by atoms with Crippen LogP contribution >= 0.6 is 0 Å². The molecule has 0 radical (unpaired) electrons. The Morgan fingerprint density at radius 3 is 2.40 bits per heavy atom. The molecule has 0 spiro atoms. The van der Waals surface area contributed by atoms with Gasteiger partial charge in [-0.25, -0.2) is 4.99 Å². The monoisotopic (exact) mass is 289 g/mol. The maximum absolute atomic E-state index is 12.3. The van der Waals surface area contributed by atoms with Crippen LogP contribution in [-0.4, -0.2) is 25.2 Å². The third-order valence-electron chi connectivity index (χ3n) is 2.26. The summed E-state index contributed by atoms with van der Waals surface area (Å²) in [5.74, 6) is 0.680. The molecule has 0 aliphatic carbocycles. The number of nitrogens with one attached hydrogen (secondary N) is 1. The standard InChI is InChI=1S/C13H18F3N3O/c1-9(2)19-12(17)18-7-8-20-11-5-3-10(4-6-11)13(14,15)16/h3-6,9H,7-8H2,1-2H3,(H3,17,18,19). The van der Waals surface area contributed by atoms with E-state index in [0.717, 1.165) is 12.1 Å². The van der Waals surface area contributed by atoms with E-state index >= 15 is 0 Å². The van der Waals surface area contributed by atoms with Crippen LogP contribution in [0.25, 0.3) is 0 Å². The molecule has 20 heavy (non-hydrogen) atoms. The minimum absolute atomic E-state index is 0.189. The van der Waals surface area contributed by atoms with Crippen LogP contribution in [0.4, 0.5) is 13.2 Å². The molecular weight excluding hydrogens is 271 g/mol. The van der Waals surface area contributed by atoms with Crippen molar-refractivity contribution in [1.29, 1.82) is 0 Å². The maximum Gasteiger partial charge on any atom is 0.416 e. The van der Waals surface area contributed by atoms with E-state index in [4.69, 9.17) is 10.5 Å². The van der Waals surface area contributed by atoms with Gasteiger partial charge in [-0.3, -0.25) is 0 Å². The average Bonchev–Trinajstić information content (AvgIpc) is 2.33. The number of hydrogen-bond acceptors (Lipinski definition) is 2. The van der Waals surface area contributed by atoms with Crippen molar-refractivity contribution in [2.75, 3.05) is 13.2 Å². The van der Waals surface area contributed by atoms with Crippen LogP contribution in [0.3, 0.4) is 0 Å². The molecule has 1 aromatic carbocycles. The molecule has 1 rings (SSSR count). The molecule has 0 bridgehead atoms. The Balaban J connectivity index is 2.40. The second kappa shape index (κ2) is 7.02. The topological polar surface area (TPSA) is 59.6 Å². The van der Waals surface area contributed by atoms with E-state index in [9.17, 15) is 13.2 Å². The number of benzene rings is 1. The second-order valence-corrected chi connectivity index (χ2v) is 4.44. The van der Waals surface area contributed by atoms with E-state index in [2.05, 4.69) is 10.3 Å². The van der Waals surface area contributed by atoms with Crippen molar-refractivity contribution in [3.63, 3.8) is 0 Å². The van der Waals surface area contributed by atoms with Gasteiger partial charge in [-0.1, -0.05) is 0 Å². The number of rotatable bonds is 5. The van der Waals surface area contributed by atoms with Crippen LogP contribution in [0.1, 0.15) is 19.4 Å². The van der Waals surface area contributed by atoms with Gasteiger partial charge in [0.05, 0.1) is 12.1 Å². The molecule has 0 atom stereocenters. The van der Waals surface area contributed by atoms with Crippen molar-refractivity contribution in [1.82, 2.24) is 5.32 Å². The molecule has 0 aromatic heterocycles. The van der Waals surface area contributed by atoms with Gasteiger partial charge in [0, 0.05) is 6.04 Å². The van der Waals surface area contributed by atoms with Gasteiger partial charge in [-0.15, -0.1) is 0 Å². The highest BCUT2D eigenvalue weighted by Crippen LogP contribution is 2.30. The van der Waals surface area contributed by atoms with E-state index in [1.54, 1.807) is 0 Å². The molecular formula is C13H18F3N3O. The summed E-state index contributed by atoms with van der Waals surface area (Å²) < 4.78 is 42.3. The first kappa shape index (κ1) is 16.1. The molecule has 1 aromatic rings. The van der Waals surface area contributed by atoms with E-state index < -0.39 is 11.7 Å². The fraction of sp³-hybridized carbons (Fsp3) is 0.462. The second-order valence-electron chi connectivity index (χ2n) is 4.44. The Bertz CT molecular complexity index is 441. The van der Waals surface area contributed by atoms with Gasteiger partial charge in [-0.2, -0.15) is 13.2 Å². The Morgan fingerprint density at radius 1 is 1.30 bits per heavy atom. The first-order valence-corrected chi connectivity index (χ1v) is 6.15. The van der Waals surface area contributed by atoms with Crippen LogP contribution in [0.15, 0.2) is 29.3 Å². The van der Waals surface area contributed by atoms with E-state index in [-0.39, 0.29) is 12.6 Å². The third-order valence-corrected chi connectivity index (χ3v) is 2.26. The molecule has 112 valence electrons. The Kier molecular flexibility index (Phi) is 5.66. The number of alkyl halides is 3. The minimum Gasteiger partial charge on any atom is -0.492 e. The molecule has 0 saturated carbocycles. The van der Waals surface area contributed by atoms with Crippen LogP contribution in [0.2, 0.25) is 0 Å². The smallest absolute Gasteiger partial charge is 0.416 e. The molecule has 0 aliphatic heterocycles. The Hall–Kier alpha value is -1.92. The fourth-order valence-corrected chi connectivity index (χ4v) is 1.41. The summed E-state index contributed by atoms with van der Waals surface area (Å²) in [5, 5.41) is 2.91. The molecule has 0 amide bonds. The van der Waals surface area contributed by atoms with Gasteiger partial charge >= 0.3 is 6.18 Å². The Labute approximate surface area is 115 Å². The molecule has 0 unspecified atom stereocenters. The zero-order valence-corrected chi connectivity index (χ0v) is 11.4. The zero-order chi connectivity index (χ0) is 15.2. The molecule has 0 fully saturated rings. The predicted octanol–water partition coefficient (Wildman–Crippen LogP) is 2.40. The number of aliphatic imine (C=N–C) groups is 1. The highest BCUT2D eigenvalue weighted by atomic mass is 19.4.